The van der Waals surface area contributed by atoms with Crippen LogP contribution in [0.3, 0.4) is 0 Å². The standard InChI is InChI=1S/C21H23BrClN5O6S2/c1-3-32-18-16(28-7-11(26-27-28)19-25-14(23)9-35-19)17(30)12(8-29)34-21(18)36-13-5-10(22)6-24-15(13)20(31)33-4-2/h5-7,9,12,16-18,21,29-30H,3-4,8H2,1-2H3. The highest BCUT2D eigenvalue weighted by molar-refractivity contribution is 9.10. The van der Waals surface area contributed by atoms with E-state index in [4.69, 9.17) is 25.8 Å². The molecule has 0 aliphatic carbocycles. The second-order valence-electron chi connectivity index (χ2n) is 7.52. The first-order valence-corrected chi connectivity index (χ1v) is 13.9. The maximum Gasteiger partial charge on any atom is 0.358 e. The first-order valence-electron chi connectivity index (χ1n) is 10.9. The normalized spacial score (nSPS) is 24.1. The zero-order valence-electron chi connectivity index (χ0n) is 19.2. The van der Waals surface area contributed by atoms with Crippen LogP contribution < -0.4 is 0 Å². The van der Waals surface area contributed by atoms with E-state index in [0.29, 0.717) is 31.8 Å². The summed E-state index contributed by atoms with van der Waals surface area (Å²) < 4.78 is 19.4. The van der Waals surface area contributed by atoms with Gasteiger partial charge in [-0.05, 0) is 35.8 Å². The van der Waals surface area contributed by atoms with Gasteiger partial charge in [0.15, 0.2) is 5.69 Å². The van der Waals surface area contributed by atoms with Crippen molar-refractivity contribution in [1.82, 2.24) is 25.0 Å². The number of aliphatic hydroxyl groups is 2. The molecule has 1 fully saturated rings. The molecule has 0 radical (unpaired) electrons. The van der Waals surface area contributed by atoms with Crippen molar-refractivity contribution in [3.05, 3.63) is 39.2 Å². The van der Waals surface area contributed by atoms with Gasteiger partial charge in [0.25, 0.3) is 0 Å². The SMILES string of the molecule is CCOC(=O)c1ncc(Br)cc1SC1OC(CO)C(O)C(n2cc(-c3nc(Cl)cs3)nn2)C1OCC. The van der Waals surface area contributed by atoms with Gasteiger partial charge in [0.05, 0.1) is 19.4 Å². The number of carbonyl (C=O) groups is 1. The molecule has 194 valence electrons. The van der Waals surface area contributed by atoms with Crippen LogP contribution in [-0.4, -0.2) is 84.7 Å². The number of nitrogens with zero attached hydrogens (tertiary/aromatic N) is 5. The predicted octanol–water partition coefficient (Wildman–Crippen LogP) is 3.21. The third-order valence-corrected chi connectivity index (χ3v) is 8.02. The van der Waals surface area contributed by atoms with E-state index in [2.05, 4.69) is 36.2 Å². The Morgan fingerprint density at radius 3 is 2.86 bits per heavy atom. The summed E-state index contributed by atoms with van der Waals surface area (Å²) in [5, 5.41) is 32.1. The number of rotatable bonds is 9. The number of hydrogen-bond acceptors (Lipinski definition) is 12. The largest absolute Gasteiger partial charge is 0.461 e. The smallest absolute Gasteiger partial charge is 0.358 e. The van der Waals surface area contributed by atoms with E-state index in [1.807, 2.05) is 6.92 Å². The third-order valence-electron chi connectivity index (χ3n) is 5.23. The molecule has 0 amide bonds. The number of hydrogen-bond donors (Lipinski definition) is 2. The summed E-state index contributed by atoms with van der Waals surface area (Å²) in [5.41, 5.74) is -0.149. The highest BCUT2D eigenvalue weighted by Crippen LogP contribution is 2.41. The predicted molar refractivity (Wildman–Crippen MR) is 136 cm³/mol. The average molecular weight is 621 g/mol. The number of aliphatic hydroxyl groups excluding tert-OH is 2. The van der Waals surface area contributed by atoms with Crippen molar-refractivity contribution in [2.45, 2.75) is 48.5 Å². The van der Waals surface area contributed by atoms with E-state index in [1.165, 1.54) is 34.0 Å². The minimum Gasteiger partial charge on any atom is -0.461 e. The van der Waals surface area contributed by atoms with E-state index in [0.717, 1.165) is 0 Å². The van der Waals surface area contributed by atoms with Crippen molar-refractivity contribution in [3.63, 3.8) is 0 Å². The Balaban J connectivity index is 1.70. The molecule has 1 aliphatic heterocycles. The fraction of sp³-hybridized carbons (Fsp3) is 0.476. The van der Waals surface area contributed by atoms with Gasteiger partial charge < -0.3 is 24.4 Å². The number of carbonyl (C=O) groups excluding carboxylic acids is 1. The topological polar surface area (TPSA) is 142 Å². The Hall–Kier alpha value is -1.65. The molecule has 0 saturated carbocycles. The molecule has 4 heterocycles. The number of pyridine rings is 1. The number of thiazole rings is 1. The van der Waals surface area contributed by atoms with E-state index >= 15 is 0 Å². The minimum absolute atomic E-state index is 0.121. The van der Waals surface area contributed by atoms with Crippen LogP contribution in [0.2, 0.25) is 5.15 Å². The zero-order chi connectivity index (χ0) is 25.8. The first kappa shape index (κ1) is 27.4. The second-order valence-corrected chi connectivity index (χ2v) is 10.8. The third kappa shape index (κ3) is 5.91. The number of halogens is 2. The lowest BCUT2D eigenvalue weighted by Crippen LogP contribution is -2.56. The monoisotopic (exact) mass is 619 g/mol. The van der Waals surface area contributed by atoms with Crippen molar-refractivity contribution in [1.29, 1.82) is 0 Å². The molecule has 0 aromatic carbocycles. The number of aromatic nitrogens is 5. The second kappa shape index (κ2) is 12.3. The lowest BCUT2D eigenvalue weighted by Gasteiger charge is -2.43. The molecule has 11 nitrogen and oxygen atoms in total. The molecular weight excluding hydrogens is 598 g/mol. The lowest BCUT2D eigenvalue weighted by molar-refractivity contribution is -0.191. The molecule has 5 unspecified atom stereocenters. The Morgan fingerprint density at radius 1 is 1.39 bits per heavy atom. The maximum atomic E-state index is 12.5. The van der Waals surface area contributed by atoms with Gasteiger partial charge >= 0.3 is 5.97 Å². The van der Waals surface area contributed by atoms with E-state index < -0.39 is 42.4 Å². The summed E-state index contributed by atoms with van der Waals surface area (Å²) in [6.45, 7) is 3.59. The van der Waals surface area contributed by atoms with Crippen LogP contribution in [0.4, 0.5) is 0 Å². The fourth-order valence-corrected chi connectivity index (χ4v) is 6.35. The Bertz CT molecular complexity index is 1200. The summed E-state index contributed by atoms with van der Waals surface area (Å²) in [6.07, 6.45) is 0.297. The molecule has 5 atom stereocenters. The summed E-state index contributed by atoms with van der Waals surface area (Å²) in [6, 6.07) is 0.959. The Labute approximate surface area is 228 Å². The van der Waals surface area contributed by atoms with Gasteiger partial charge in [0, 0.05) is 27.6 Å². The van der Waals surface area contributed by atoms with Gasteiger partial charge in [0.1, 0.15) is 45.6 Å². The molecule has 36 heavy (non-hydrogen) atoms. The first-order chi connectivity index (χ1) is 17.4. The van der Waals surface area contributed by atoms with Crippen LogP contribution in [0.25, 0.3) is 10.7 Å². The van der Waals surface area contributed by atoms with Crippen LogP contribution in [-0.2, 0) is 14.2 Å². The fourth-order valence-electron chi connectivity index (χ4n) is 3.71. The van der Waals surface area contributed by atoms with Gasteiger partial charge in [-0.2, -0.15) is 0 Å². The van der Waals surface area contributed by atoms with Crippen molar-refractivity contribution in [2.75, 3.05) is 19.8 Å². The summed E-state index contributed by atoms with van der Waals surface area (Å²) in [7, 11) is 0. The van der Waals surface area contributed by atoms with E-state index in [1.54, 1.807) is 24.6 Å². The van der Waals surface area contributed by atoms with Crippen molar-refractivity contribution in [2.24, 2.45) is 0 Å². The van der Waals surface area contributed by atoms with Gasteiger partial charge in [-0.15, -0.1) is 16.4 Å². The molecule has 3 aromatic rings. The average Bonchev–Trinajstić information content (AvgIpc) is 3.50. The Morgan fingerprint density at radius 2 is 2.19 bits per heavy atom. The van der Waals surface area contributed by atoms with Crippen LogP contribution in [0, 0.1) is 0 Å². The summed E-state index contributed by atoms with van der Waals surface area (Å²) in [5.74, 6) is -0.574. The maximum absolute atomic E-state index is 12.5. The van der Waals surface area contributed by atoms with Crippen molar-refractivity contribution in [3.8, 4) is 10.7 Å². The molecule has 2 N–H and O–H groups in total. The molecule has 4 rings (SSSR count). The minimum atomic E-state index is -1.16. The molecule has 3 aromatic heterocycles. The number of ether oxygens (including phenoxy) is 3. The van der Waals surface area contributed by atoms with Crippen molar-refractivity contribution < 1.29 is 29.2 Å². The summed E-state index contributed by atoms with van der Waals surface area (Å²) in [4.78, 5) is 21.4. The zero-order valence-corrected chi connectivity index (χ0v) is 23.1. The summed E-state index contributed by atoms with van der Waals surface area (Å²) >= 11 is 11.8. The van der Waals surface area contributed by atoms with Crippen molar-refractivity contribution >= 4 is 56.6 Å². The highest BCUT2D eigenvalue weighted by Gasteiger charge is 2.48. The van der Waals surface area contributed by atoms with Crippen LogP contribution in [0.5, 0.6) is 0 Å². The van der Waals surface area contributed by atoms with Crippen LogP contribution >= 0.6 is 50.6 Å². The van der Waals surface area contributed by atoms with Crippen LogP contribution in [0.15, 0.2) is 33.2 Å². The molecule has 0 bridgehead atoms. The lowest BCUT2D eigenvalue weighted by atomic mass is 9.97. The molecule has 15 heteroatoms. The molecule has 0 spiro atoms. The number of thioether (sulfide) groups is 1. The van der Waals surface area contributed by atoms with Gasteiger partial charge in [-0.1, -0.05) is 28.6 Å². The molecule has 1 aliphatic rings. The Kier molecular flexibility index (Phi) is 9.33. The van der Waals surface area contributed by atoms with E-state index in [9.17, 15) is 15.0 Å². The molecular formula is C21H23BrClN5O6S2. The van der Waals surface area contributed by atoms with Gasteiger partial charge in [-0.3, -0.25) is 0 Å². The van der Waals surface area contributed by atoms with Gasteiger partial charge in [0.2, 0.25) is 0 Å². The number of esters is 1. The van der Waals surface area contributed by atoms with E-state index in [-0.39, 0.29) is 12.3 Å². The van der Waals surface area contributed by atoms with Gasteiger partial charge in [-0.25, -0.2) is 19.4 Å². The van der Waals surface area contributed by atoms with Crippen LogP contribution in [0.1, 0.15) is 30.4 Å². The molecule has 1 saturated heterocycles. The highest BCUT2D eigenvalue weighted by atomic mass is 79.9. The quantitative estimate of drug-likeness (QED) is 0.341.